The molecule has 24 heavy (non-hydrogen) atoms. The molecular formula is C16H20N2O5S. The molecule has 2 rings (SSSR count). The van der Waals surface area contributed by atoms with Crippen molar-refractivity contribution in [2.75, 3.05) is 19.7 Å². The van der Waals surface area contributed by atoms with Gasteiger partial charge < -0.3 is 10.1 Å². The van der Waals surface area contributed by atoms with E-state index in [9.17, 15) is 18.0 Å². The van der Waals surface area contributed by atoms with Gasteiger partial charge in [-0.3, -0.25) is 9.59 Å². The van der Waals surface area contributed by atoms with E-state index in [1.807, 2.05) is 0 Å². The van der Waals surface area contributed by atoms with Gasteiger partial charge in [-0.2, -0.15) is 0 Å². The normalized spacial score (nSPS) is 14.0. The first-order chi connectivity index (χ1) is 11.4. The average Bonchev–Trinajstić information content (AvgIpc) is 3.40. The van der Waals surface area contributed by atoms with Gasteiger partial charge in [-0.05, 0) is 37.0 Å². The first kappa shape index (κ1) is 18.2. The van der Waals surface area contributed by atoms with Crippen LogP contribution in [0.5, 0.6) is 0 Å². The van der Waals surface area contributed by atoms with Gasteiger partial charge in [-0.25, -0.2) is 13.1 Å². The standard InChI is InChI=1S/C16H20N2O5S/c1-2-8-18-24(21,22)14-5-3-4-13(9-14)16(20)17-10-15(19)23-11-12-6-7-12/h2-5,9,12,18H,1,6-8,10-11H2,(H,17,20). The van der Waals surface area contributed by atoms with Gasteiger partial charge in [0.1, 0.15) is 6.54 Å². The van der Waals surface area contributed by atoms with E-state index in [1.165, 1.54) is 30.3 Å². The van der Waals surface area contributed by atoms with Crippen LogP contribution in [0.4, 0.5) is 0 Å². The molecule has 1 aliphatic rings. The molecular weight excluding hydrogens is 332 g/mol. The molecule has 0 aliphatic heterocycles. The molecule has 1 fully saturated rings. The van der Waals surface area contributed by atoms with Crippen molar-refractivity contribution in [1.82, 2.24) is 10.0 Å². The van der Waals surface area contributed by atoms with E-state index in [1.54, 1.807) is 0 Å². The van der Waals surface area contributed by atoms with Crippen molar-refractivity contribution >= 4 is 21.9 Å². The number of ether oxygens (including phenoxy) is 1. The lowest BCUT2D eigenvalue weighted by Crippen LogP contribution is -2.31. The molecule has 0 radical (unpaired) electrons. The summed E-state index contributed by atoms with van der Waals surface area (Å²) in [6, 6.07) is 5.56. The first-order valence-corrected chi connectivity index (χ1v) is 9.05. The van der Waals surface area contributed by atoms with Crippen LogP contribution in [-0.4, -0.2) is 40.0 Å². The predicted molar refractivity (Wildman–Crippen MR) is 87.8 cm³/mol. The Hall–Kier alpha value is -2.19. The maximum Gasteiger partial charge on any atom is 0.325 e. The highest BCUT2D eigenvalue weighted by molar-refractivity contribution is 7.89. The van der Waals surface area contributed by atoms with Crippen LogP contribution in [0.25, 0.3) is 0 Å². The van der Waals surface area contributed by atoms with Crippen LogP contribution in [0.15, 0.2) is 41.8 Å². The lowest BCUT2D eigenvalue weighted by atomic mass is 10.2. The second-order valence-corrected chi connectivity index (χ2v) is 7.24. The Balaban J connectivity index is 1.92. The molecule has 1 saturated carbocycles. The van der Waals surface area contributed by atoms with Gasteiger partial charge in [0.2, 0.25) is 10.0 Å². The average molecular weight is 352 g/mol. The summed E-state index contributed by atoms with van der Waals surface area (Å²) < 4.78 is 31.4. The number of carbonyl (C=O) groups is 2. The van der Waals surface area contributed by atoms with Crippen molar-refractivity contribution in [3.05, 3.63) is 42.5 Å². The number of hydrogen-bond donors (Lipinski definition) is 2. The molecule has 0 heterocycles. The molecule has 8 heteroatoms. The first-order valence-electron chi connectivity index (χ1n) is 7.57. The van der Waals surface area contributed by atoms with Crippen LogP contribution >= 0.6 is 0 Å². The van der Waals surface area contributed by atoms with Crippen molar-refractivity contribution in [2.24, 2.45) is 5.92 Å². The Morgan fingerprint density at radius 3 is 2.75 bits per heavy atom. The van der Waals surface area contributed by atoms with E-state index < -0.39 is 21.9 Å². The van der Waals surface area contributed by atoms with Crippen LogP contribution in [0.2, 0.25) is 0 Å². The summed E-state index contributed by atoms with van der Waals surface area (Å²) in [5.74, 6) is -0.597. The minimum Gasteiger partial charge on any atom is -0.464 e. The summed E-state index contributed by atoms with van der Waals surface area (Å²) >= 11 is 0. The number of carbonyl (C=O) groups excluding carboxylic acids is 2. The Bertz CT molecular complexity index is 726. The van der Waals surface area contributed by atoms with Crippen LogP contribution in [-0.2, 0) is 19.6 Å². The summed E-state index contributed by atoms with van der Waals surface area (Å²) in [6.45, 7) is 3.66. The monoisotopic (exact) mass is 352 g/mol. The third-order valence-corrected chi connectivity index (χ3v) is 4.82. The zero-order valence-electron chi connectivity index (χ0n) is 13.2. The minimum atomic E-state index is -3.71. The number of rotatable bonds is 9. The Morgan fingerprint density at radius 2 is 2.08 bits per heavy atom. The van der Waals surface area contributed by atoms with Crippen LogP contribution in [0.3, 0.4) is 0 Å². The predicted octanol–water partition coefficient (Wildman–Crippen LogP) is 0.834. The molecule has 1 amide bonds. The third kappa shape index (κ3) is 5.47. The molecule has 1 aromatic rings. The van der Waals surface area contributed by atoms with Crippen molar-refractivity contribution < 1.29 is 22.7 Å². The Kier molecular flexibility index (Phi) is 6.10. The van der Waals surface area contributed by atoms with E-state index in [2.05, 4.69) is 16.6 Å². The van der Waals surface area contributed by atoms with Crippen molar-refractivity contribution in [1.29, 1.82) is 0 Å². The maximum absolute atomic E-state index is 12.0. The van der Waals surface area contributed by atoms with Crippen molar-refractivity contribution in [2.45, 2.75) is 17.7 Å². The molecule has 7 nitrogen and oxygen atoms in total. The molecule has 0 aromatic heterocycles. The minimum absolute atomic E-state index is 0.0340. The zero-order chi connectivity index (χ0) is 17.6. The van der Waals surface area contributed by atoms with Crippen LogP contribution in [0, 0.1) is 5.92 Å². The summed E-state index contributed by atoms with van der Waals surface area (Å²) in [5, 5.41) is 2.42. The zero-order valence-corrected chi connectivity index (χ0v) is 14.0. The van der Waals surface area contributed by atoms with E-state index in [4.69, 9.17) is 4.74 Å². The number of benzene rings is 1. The van der Waals surface area contributed by atoms with Gasteiger partial charge >= 0.3 is 5.97 Å². The topological polar surface area (TPSA) is 102 Å². The van der Waals surface area contributed by atoms with E-state index >= 15 is 0 Å². The highest BCUT2D eigenvalue weighted by Gasteiger charge is 2.23. The smallest absolute Gasteiger partial charge is 0.325 e. The molecule has 1 aromatic carbocycles. The molecule has 2 N–H and O–H groups in total. The fourth-order valence-corrected chi connectivity index (χ4v) is 2.90. The van der Waals surface area contributed by atoms with E-state index in [0.29, 0.717) is 12.5 Å². The molecule has 0 saturated heterocycles. The molecule has 1 aliphatic carbocycles. The molecule has 0 unspecified atom stereocenters. The van der Waals surface area contributed by atoms with Gasteiger partial charge in [-0.15, -0.1) is 6.58 Å². The molecule has 130 valence electrons. The summed E-state index contributed by atoms with van der Waals surface area (Å²) in [7, 11) is -3.71. The van der Waals surface area contributed by atoms with Crippen molar-refractivity contribution in [3.8, 4) is 0 Å². The summed E-state index contributed by atoms with van der Waals surface area (Å²) in [4.78, 5) is 23.5. The highest BCUT2D eigenvalue weighted by atomic mass is 32.2. The Labute approximate surface area is 141 Å². The Morgan fingerprint density at radius 1 is 1.33 bits per heavy atom. The van der Waals surface area contributed by atoms with Crippen LogP contribution < -0.4 is 10.0 Å². The number of sulfonamides is 1. The van der Waals surface area contributed by atoms with Crippen LogP contribution in [0.1, 0.15) is 23.2 Å². The number of amides is 1. The van der Waals surface area contributed by atoms with Gasteiger partial charge in [-0.1, -0.05) is 12.1 Å². The fraction of sp³-hybridized carbons (Fsp3) is 0.375. The quantitative estimate of drug-likeness (QED) is 0.506. The van der Waals surface area contributed by atoms with Gasteiger partial charge in [0.15, 0.2) is 0 Å². The van der Waals surface area contributed by atoms with E-state index in [0.717, 1.165) is 12.8 Å². The SMILES string of the molecule is C=CCNS(=O)(=O)c1cccc(C(=O)NCC(=O)OCC2CC2)c1. The van der Waals surface area contributed by atoms with Crippen molar-refractivity contribution in [3.63, 3.8) is 0 Å². The lowest BCUT2D eigenvalue weighted by Gasteiger charge is -2.08. The molecule has 0 bridgehead atoms. The number of nitrogens with one attached hydrogen (secondary N) is 2. The third-order valence-electron chi connectivity index (χ3n) is 3.39. The van der Waals surface area contributed by atoms with Gasteiger partial charge in [0.25, 0.3) is 5.91 Å². The lowest BCUT2D eigenvalue weighted by molar-refractivity contribution is -0.142. The fourth-order valence-electron chi connectivity index (χ4n) is 1.86. The largest absolute Gasteiger partial charge is 0.464 e. The second-order valence-electron chi connectivity index (χ2n) is 5.48. The highest BCUT2D eigenvalue weighted by Crippen LogP contribution is 2.28. The maximum atomic E-state index is 12.0. The molecule has 0 atom stereocenters. The van der Waals surface area contributed by atoms with E-state index in [-0.39, 0.29) is 23.5 Å². The summed E-state index contributed by atoms with van der Waals surface area (Å²) in [6.07, 6.45) is 3.56. The number of esters is 1. The second kappa shape index (κ2) is 8.07. The number of hydrogen-bond acceptors (Lipinski definition) is 5. The molecule has 0 spiro atoms. The van der Waals surface area contributed by atoms with Gasteiger partial charge in [0.05, 0.1) is 11.5 Å². The summed E-state index contributed by atoms with van der Waals surface area (Å²) in [5.41, 5.74) is 0.145. The van der Waals surface area contributed by atoms with Gasteiger partial charge in [0, 0.05) is 12.1 Å².